The number of hydrogen-bond acceptors (Lipinski definition) is 3. The summed E-state index contributed by atoms with van der Waals surface area (Å²) in [5.41, 5.74) is 1.82. The number of amides is 1. The Kier molecular flexibility index (Phi) is 4.36. The van der Waals surface area contributed by atoms with Crippen LogP contribution in [0.25, 0.3) is 0 Å². The Hall–Kier alpha value is -2.11. The maximum absolute atomic E-state index is 12.7. The van der Waals surface area contributed by atoms with Crippen molar-refractivity contribution in [2.75, 3.05) is 13.1 Å². The second kappa shape index (κ2) is 6.65. The van der Waals surface area contributed by atoms with E-state index in [4.69, 9.17) is 4.98 Å². The second-order valence-corrected chi connectivity index (χ2v) is 7.34. The van der Waals surface area contributed by atoms with E-state index in [9.17, 15) is 4.79 Å². The van der Waals surface area contributed by atoms with Crippen molar-refractivity contribution in [2.24, 2.45) is 0 Å². The lowest BCUT2D eigenvalue weighted by atomic mass is 9.84. The van der Waals surface area contributed by atoms with E-state index in [1.54, 1.807) is 4.68 Å². The van der Waals surface area contributed by atoms with Gasteiger partial charge in [0.2, 0.25) is 0 Å². The van der Waals surface area contributed by atoms with Crippen LogP contribution in [0.3, 0.4) is 0 Å². The van der Waals surface area contributed by atoms with Crippen LogP contribution in [0.15, 0.2) is 18.5 Å². The van der Waals surface area contributed by atoms with Crippen molar-refractivity contribution in [3.05, 3.63) is 35.7 Å². The van der Waals surface area contributed by atoms with E-state index in [2.05, 4.69) is 16.6 Å². The molecule has 134 valence electrons. The molecule has 0 aromatic carbocycles. The molecule has 2 aromatic heterocycles. The summed E-state index contributed by atoms with van der Waals surface area (Å²) in [6.07, 6.45) is 9.76. The number of likely N-dealkylation sites (tertiary alicyclic amines) is 1. The van der Waals surface area contributed by atoms with Gasteiger partial charge in [0.25, 0.3) is 5.91 Å². The Morgan fingerprint density at radius 2 is 2.00 bits per heavy atom. The lowest BCUT2D eigenvalue weighted by Gasteiger charge is -2.35. The normalized spacial score (nSPS) is 19.2. The van der Waals surface area contributed by atoms with Crippen molar-refractivity contribution in [3.8, 4) is 0 Å². The molecule has 2 aliphatic rings. The number of aromatic nitrogens is 4. The lowest BCUT2D eigenvalue weighted by molar-refractivity contribution is 0.0685. The third-order valence-electron chi connectivity index (χ3n) is 5.78. The minimum Gasteiger partial charge on any atom is -0.337 e. The fraction of sp³-hybridized carbons (Fsp3) is 0.632. The minimum atomic E-state index is 0.0622. The Labute approximate surface area is 148 Å². The first-order valence-electron chi connectivity index (χ1n) is 9.53. The number of imidazole rings is 1. The van der Waals surface area contributed by atoms with Gasteiger partial charge in [0.1, 0.15) is 11.5 Å². The van der Waals surface area contributed by atoms with Crippen molar-refractivity contribution in [1.29, 1.82) is 0 Å². The molecule has 6 heteroatoms. The van der Waals surface area contributed by atoms with Gasteiger partial charge in [-0.1, -0.05) is 6.42 Å². The SMILES string of the molecule is CCn1ccc(C(=O)N2CCC(n3c(C)cnc3C3CCC3)CC2)n1. The molecular formula is C19H27N5O. The summed E-state index contributed by atoms with van der Waals surface area (Å²) in [7, 11) is 0. The molecule has 3 heterocycles. The number of carbonyl (C=O) groups excluding carboxylic acids is 1. The summed E-state index contributed by atoms with van der Waals surface area (Å²) in [5.74, 6) is 1.98. The number of aryl methyl sites for hydroxylation is 2. The highest BCUT2D eigenvalue weighted by Crippen LogP contribution is 2.38. The Balaban J connectivity index is 1.43. The summed E-state index contributed by atoms with van der Waals surface area (Å²) in [5, 5.41) is 4.35. The van der Waals surface area contributed by atoms with Crippen molar-refractivity contribution >= 4 is 5.91 Å². The van der Waals surface area contributed by atoms with Crippen LogP contribution >= 0.6 is 0 Å². The molecule has 0 bridgehead atoms. The van der Waals surface area contributed by atoms with Gasteiger partial charge in [0.05, 0.1) is 0 Å². The topological polar surface area (TPSA) is 56.0 Å². The molecule has 25 heavy (non-hydrogen) atoms. The fourth-order valence-electron chi connectivity index (χ4n) is 4.05. The van der Waals surface area contributed by atoms with E-state index in [-0.39, 0.29) is 5.91 Å². The molecule has 6 nitrogen and oxygen atoms in total. The van der Waals surface area contributed by atoms with Crippen LogP contribution in [-0.4, -0.2) is 43.2 Å². The van der Waals surface area contributed by atoms with E-state index < -0.39 is 0 Å². The van der Waals surface area contributed by atoms with E-state index in [0.29, 0.717) is 17.7 Å². The van der Waals surface area contributed by atoms with Gasteiger partial charge in [-0.2, -0.15) is 5.10 Å². The Bertz CT molecular complexity index is 750. The lowest BCUT2D eigenvalue weighted by Crippen LogP contribution is -2.40. The molecule has 0 unspecified atom stereocenters. The molecule has 1 saturated heterocycles. The maximum Gasteiger partial charge on any atom is 0.274 e. The first-order chi connectivity index (χ1) is 12.2. The van der Waals surface area contributed by atoms with Crippen molar-refractivity contribution < 1.29 is 4.79 Å². The summed E-state index contributed by atoms with van der Waals surface area (Å²) in [6, 6.07) is 2.29. The van der Waals surface area contributed by atoms with Crippen LogP contribution in [-0.2, 0) is 6.54 Å². The monoisotopic (exact) mass is 341 g/mol. The summed E-state index contributed by atoms with van der Waals surface area (Å²) >= 11 is 0. The van der Waals surface area contributed by atoms with Gasteiger partial charge in [0, 0.05) is 49.7 Å². The molecule has 1 aliphatic heterocycles. The number of nitrogens with zero attached hydrogens (tertiary/aromatic N) is 5. The van der Waals surface area contributed by atoms with E-state index in [1.165, 1.54) is 30.8 Å². The molecule has 0 atom stereocenters. The predicted molar refractivity (Wildman–Crippen MR) is 95.6 cm³/mol. The van der Waals surface area contributed by atoms with Gasteiger partial charge in [-0.25, -0.2) is 4.98 Å². The molecule has 0 spiro atoms. The number of piperidine rings is 1. The quantitative estimate of drug-likeness (QED) is 0.858. The third-order valence-corrected chi connectivity index (χ3v) is 5.78. The third kappa shape index (κ3) is 2.98. The average molecular weight is 341 g/mol. The predicted octanol–water partition coefficient (Wildman–Crippen LogP) is 3.15. The summed E-state index contributed by atoms with van der Waals surface area (Å²) < 4.78 is 4.26. The van der Waals surface area contributed by atoms with Crippen LogP contribution in [0.5, 0.6) is 0 Å². The molecule has 4 rings (SSSR count). The van der Waals surface area contributed by atoms with Gasteiger partial charge in [0.15, 0.2) is 0 Å². The van der Waals surface area contributed by atoms with E-state index in [0.717, 1.165) is 32.5 Å². The van der Waals surface area contributed by atoms with Crippen LogP contribution in [0.2, 0.25) is 0 Å². The highest BCUT2D eigenvalue weighted by Gasteiger charge is 2.31. The minimum absolute atomic E-state index is 0.0622. The smallest absolute Gasteiger partial charge is 0.274 e. The zero-order valence-corrected chi connectivity index (χ0v) is 15.2. The van der Waals surface area contributed by atoms with Gasteiger partial charge < -0.3 is 9.47 Å². The van der Waals surface area contributed by atoms with Gasteiger partial charge in [-0.05, 0) is 45.6 Å². The number of carbonyl (C=O) groups is 1. The molecular weight excluding hydrogens is 314 g/mol. The van der Waals surface area contributed by atoms with Crippen molar-refractivity contribution in [2.45, 2.75) is 64.5 Å². The zero-order valence-electron chi connectivity index (χ0n) is 15.2. The van der Waals surface area contributed by atoms with Crippen LogP contribution < -0.4 is 0 Å². The van der Waals surface area contributed by atoms with Crippen LogP contribution in [0.4, 0.5) is 0 Å². The van der Waals surface area contributed by atoms with Crippen molar-refractivity contribution in [3.63, 3.8) is 0 Å². The molecule has 2 fully saturated rings. The largest absolute Gasteiger partial charge is 0.337 e. The molecule has 2 aromatic rings. The van der Waals surface area contributed by atoms with Crippen LogP contribution in [0, 0.1) is 6.92 Å². The van der Waals surface area contributed by atoms with Crippen LogP contribution in [0.1, 0.15) is 73.0 Å². The second-order valence-electron chi connectivity index (χ2n) is 7.34. The molecule has 0 radical (unpaired) electrons. The van der Waals surface area contributed by atoms with Gasteiger partial charge in [-0.3, -0.25) is 9.48 Å². The molecule has 1 saturated carbocycles. The van der Waals surface area contributed by atoms with Gasteiger partial charge in [-0.15, -0.1) is 0 Å². The number of hydrogen-bond donors (Lipinski definition) is 0. The summed E-state index contributed by atoms with van der Waals surface area (Å²) in [4.78, 5) is 19.3. The highest BCUT2D eigenvalue weighted by atomic mass is 16.2. The molecule has 1 aliphatic carbocycles. The fourth-order valence-corrected chi connectivity index (χ4v) is 4.05. The van der Waals surface area contributed by atoms with Crippen molar-refractivity contribution in [1.82, 2.24) is 24.2 Å². The number of rotatable bonds is 4. The Morgan fingerprint density at radius 1 is 1.24 bits per heavy atom. The first kappa shape index (κ1) is 16.4. The van der Waals surface area contributed by atoms with E-state index >= 15 is 0 Å². The maximum atomic E-state index is 12.7. The van der Waals surface area contributed by atoms with Gasteiger partial charge >= 0.3 is 0 Å². The molecule has 0 N–H and O–H groups in total. The molecule has 1 amide bonds. The first-order valence-corrected chi connectivity index (χ1v) is 9.53. The standard InChI is InChI=1S/C19H27N5O/c1-3-23-12-9-17(21-23)19(25)22-10-7-16(8-11-22)24-14(2)13-20-18(24)15-5-4-6-15/h9,12-13,15-16H,3-8,10-11H2,1-2H3. The highest BCUT2D eigenvalue weighted by molar-refractivity contribution is 5.92. The summed E-state index contributed by atoms with van der Waals surface area (Å²) in [6.45, 7) is 6.57. The average Bonchev–Trinajstić information content (AvgIpc) is 3.20. The van der Waals surface area contributed by atoms with E-state index in [1.807, 2.05) is 30.3 Å². The Morgan fingerprint density at radius 3 is 2.60 bits per heavy atom. The zero-order chi connectivity index (χ0) is 17.4.